The first-order valence-electron chi connectivity index (χ1n) is 16.0. The van der Waals surface area contributed by atoms with Crippen molar-refractivity contribution in [3.8, 4) is 0 Å². The fourth-order valence-electron chi connectivity index (χ4n) is 6.40. The minimum absolute atomic E-state index is 0.0922. The highest BCUT2D eigenvalue weighted by Crippen LogP contribution is 2.41. The molecular formula is C36H39ClF5NO6Si. The fourth-order valence-corrected chi connectivity index (χ4v) is 11.2. The van der Waals surface area contributed by atoms with Crippen LogP contribution in [0, 0.1) is 0 Å². The van der Waals surface area contributed by atoms with Gasteiger partial charge in [0, 0.05) is 17.8 Å². The number of benzene rings is 3. The summed E-state index contributed by atoms with van der Waals surface area (Å²) < 4.78 is 102. The molecule has 0 amide bonds. The Bertz CT molecular complexity index is 1700. The number of esters is 1. The van der Waals surface area contributed by atoms with Crippen molar-refractivity contribution in [3.63, 3.8) is 0 Å². The van der Waals surface area contributed by atoms with Crippen molar-refractivity contribution in [2.45, 2.75) is 50.1 Å². The largest absolute Gasteiger partial charge is 0.463 e. The average Bonchev–Trinajstić information content (AvgIpc) is 3.47. The summed E-state index contributed by atoms with van der Waals surface area (Å²) in [6.45, 7) is 4.48. The van der Waals surface area contributed by atoms with Crippen LogP contribution < -0.4 is 15.3 Å². The molecule has 1 saturated heterocycles. The molecule has 1 aromatic heterocycles. The van der Waals surface area contributed by atoms with E-state index in [4.69, 9.17) is 34.7 Å². The van der Waals surface area contributed by atoms with Crippen LogP contribution in [-0.4, -0.2) is 78.3 Å². The number of halogens is 6. The minimum Gasteiger partial charge on any atom is -0.463 e. The van der Waals surface area contributed by atoms with Gasteiger partial charge in [0.1, 0.15) is 17.8 Å². The summed E-state index contributed by atoms with van der Waals surface area (Å²) in [5, 5.41) is 1.61. The predicted molar refractivity (Wildman–Crippen MR) is 183 cm³/mol. The van der Waals surface area contributed by atoms with Crippen LogP contribution in [0.1, 0.15) is 36.9 Å². The van der Waals surface area contributed by atoms with E-state index in [0.29, 0.717) is 0 Å². The number of nitrogens with zero attached hydrogens (tertiary/aromatic N) is 1. The van der Waals surface area contributed by atoms with Crippen molar-refractivity contribution < 1.29 is 49.8 Å². The summed E-state index contributed by atoms with van der Waals surface area (Å²) in [7, 11) is -1.88. The lowest BCUT2D eigenvalue weighted by Crippen LogP contribution is -2.67. The molecule has 0 spiro atoms. The van der Waals surface area contributed by atoms with Gasteiger partial charge in [-0.1, -0.05) is 81.4 Å². The zero-order chi connectivity index (χ0) is 36.3. The van der Waals surface area contributed by atoms with Gasteiger partial charge in [-0.15, -0.1) is 11.6 Å². The van der Waals surface area contributed by atoms with E-state index in [-0.39, 0.29) is 47.3 Å². The van der Waals surface area contributed by atoms with Gasteiger partial charge in [0.05, 0.1) is 44.7 Å². The van der Waals surface area contributed by atoms with Crippen LogP contribution in [-0.2, 0) is 24.8 Å². The van der Waals surface area contributed by atoms with Gasteiger partial charge in [0.25, 0.3) is 14.2 Å². The number of carbonyl (C=O) groups is 1. The molecular weight excluding hydrogens is 701 g/mol. The van der Waals surface area contributed by atoms with Gasteiger partial charge in [-0.3, -0.25) is 0 Å². The molecule has 14 heteroatoms. The Hall–Kier alpha value is -3.49. The number of fused-ring (bicyclic) bond motifs is 1. The number of anilines is 1. The molecule has 4 aromatic rings. The number of rotatable bonds is 12. The van der Waals surface area contributed by atoms with E-state index >= 15 is 8.78 Å². The third-order valence-electron chi connectivity index (χ3n) is 8.77. The molecule has 1 aliphatic heterocycles. The van der Waals surface area contributed by atoms with Gasteiger partial charge >= 0.3 is 12.1 Å². The molecule has 0 bridgehead atoms. The minimum atomic E-state index is -4.74. The number of hydrogen-bond acceptors (Lipinski definition) is 7. The molecule has 0 N–H and O–H groups in total. The third kappa shape index (κ3) is 7.71. The van der Waals surface area contributed by atoms with Crippen molar-refractivity contribution in [1.82, 2.24) is 0 Å². The van der Waals surface area contributed by atoms with E-state index in [1.807, 2.05) is 60.7 Å². The van der Waals surface area contributed by atoms with Crippen molar-refractivity contribution in [3.05, 3.63) is 90.2 Å². The predicted octanol–water partition coefficient (Wildman–Crippen LogP) is 7.28. The van der Waals surface area contributed by atoms with Crippen molar-refractivity contribution >= 4 is 52.9 Å². The van der Waals surface area contributed by atoms with Crippen LogP contribution in [0.3, 0.4) is 0 Å². The van der Waals surface area contributed by atoms with Crippen LogP contribution in [0.4, 0.5) is 27.6 Å². The summed E-state index contributed by atoms with van der Waals surface area (Å²) >= 11 is 5.98. The number of methoxy groups -OCH3 is 1. The molecule has 0 saturated carbocycles. The molecule has 3 aromatic carbocycles. The molecule has 1 aliphatic rings. The Morgan fingerprint density at radius 3 is 2.04 bits per heavy atom. The van der Waals surface area contributed by atoms with Gasteiger partial charge in [-0.2, -0.15) is 13.2 Å². The van der Waals surface area contributed by atoms with Crippen LogP contribution in [0.5, 0.6) is 0 Å². The highest BCUT2D eigenvalue weighted by atomic mass is 35.5. The number of hydrogen-bond donors (Lipinski definition) is 0. The Morgan fingerprint density at radius 2 is 1.54 bits per heavy atom. The Labute approximate surface area is 293 Å². The summed E-state index contributed by atoms with van der Waals surface area (Å²) in [6, 6.07) is 22.5. The maximum Gasteiger partial charge on any atom is 0.416 e. The molecule has 2 heterocycles. The highest BCUT2D eigenvalue weighted by molar-refractivity contribution is 6.99. The number of carbonyl (C=O) groups excluding carboxylic acids is 1. The molecule has 0 aliphatic carbocycles. The van der Waals surface area contributed by atoms with Gasteiger partial charge in [-0.05, 0) is 33.6 Å². The normalized spacial score (nSPS) is 17.6. The van der Waals surface area contributed by atoms with Crippen LogP contribution in [0.2, 0.25) is 5.04 Å². The van der Waals surface area contributed by atoms with Gasteiger partial charge < -0.3 is 28.0 Å². The van der Waals surface area contributed by atoms with Crippen LogP contribution >= 0.6 is 11.6 Å². The van der Waals surface area contributed by atoms with Crippen molar-refractivity contribution in [2.75, 3.05) is 50.8 Å². The van der Waals surface area contributed by atoms with E-state index in [2.05, 4.69) is 20.8 Å². The lowest BCUT2D eigenvalue weighted by Gasteiger charge is -2.44. The van der Waals surface area contributed by atoms with Crippen molar-refractivity contribution in [2.24, 2.45) is 0 Å². The maximum atomic E-state index is 16.0. The van der Waals surface area contributed by atoms with Gasteiger partial charge in [0.15, 0.2) is 0 Å². The monoisotopic (exact) mass is 739 g/mol. The zero-order valence-corrected chi connectivity index (χ0v) is 29.8. The first-order valence-corrected chi connectivity index (χ1v) is 18.5. The summed E-state index contributed by atoms with van der Waals surface area (Å²) in [4.78, 5) is 13.7. The lowest BCUT2D eigenvalue weighted by molar-refractivity contribution is -0.216. The summed E-state index contributed by atoms with van der Waals surface area (Å²) in [5.74, 6) is -5.36. The zero-order valence-electron chi connectivity index (χ0n) is 28.1. The SMILES string of the molecule is COC(=O)c1oc2ccc(C(F)(F)F)cc2c1N(CCCl)CC(F)(F)C1COC(CO[Si](c2ccccc2)(c2ccccc2)C(C)(C)C)CO1. The second-order valence-electron chi connectivity index (χ2n) is 13.1. The molecule has 270 valence electrons. The first-order chi connectivity index (χ1) is 23.6. The Balaban J connectivity index is 1.36. The highest BCUT2D eigenvalue weighted by Gasteiger charge is 2.51. The third-order valence-corrected chi connectivity index (χ3v) is 13.9. The lowest BCUT2D eigenvalue weighted by atomic mass is 10.1. The molecule has 7 nitrogen and oxygen atoms in total. The topological polar surface area (TPSA) is 70.4 Å². The van der Waals surface area contributed by atoms with Gasteiger partial charge in [-0.25, -0.2) is 13.6 Å². The quantitative estimate of drug-likeness (QED) is 0.0655. The smallest absolute Gasteiger partial charge is 0.416 e. The van der Waals surface area contributed by atoms with E-state index in [9.17, 15) is 18.0 Å². The molecule has 2 atom stereocenters. The summed E-state index contributed by atoms with van der Waals surface area (Å²) in [5.41, 5.74) is -1.44. The molecule has 50 heavy (non-hydrogen) atoms. The number of furan rings is 1. The Morgan fingerprint density at radius 1 is 0.920 bits per heavy atom. The molecule has 5 rings (SSSR count). The number of ether oxygens (including phenoxy) is 3. The fraction of sp³-hybridized carbons (Fsp3) is 0.417. The maximum absolute atomic E-state index is 16.0. The van der Waals surface area contributed by atoms with Crippen LogP contribution in [0.15, 0.2) is 83.3 Å². The average molecular weight is 740 g/mol. The second-order valence-corrected chi connectivity index (χ2v) is 17.8. The molecule has 0 radical (unpaired) electrons. The molecule has 2 unspecified atom stereocenters. The van der Waals surface area contributed by atoms with Crippen molar-refractivity contribution in [1.29, 1.82) is 0 Å². The standard InChI is InChI=1S/C36H39ClF5NO6Si/c1-34(2,3)50(26-11-7-5-8-12-26,27-13-9-6-10-14-27)48-21-25-20-47-30(22-46-25)35(38,39)23-43(18-17-37)31-28-19-24(36(40,41)42)15-16-29(28)49-32(31)33(44)45-4/h5-16,19,25,30H,17-18,20-23H2,1-4H3. The van der Waals surface area contributed by atoms with Crippen LogP contribution in [0.25, 0.3) is 11.0 Å². The summed E-state index contributed by atoms with van der Waals surface area (Å²) in [6.07, 6.45) is -7.10. The second kappa shape index (κ2) is 15.0. The van der Waals surface area contributed by atoms with Gasteiger partial charge in [0.2, 0.25) is 5.76 Å². The van der Waals surface area contributed by atoms with E-state index in [1.54, 1.807) is 0 Å². The van der Waals surface area contributed by atoms with E-state index in [0.717, 1.165) is 40.6 Å². The molecule has 1 fully saturated rings. The van der Waals surface area contributed by atoms with E-state index in [1.165, 1.54) is 0 Å². The number of alkyl halides is 6. The Kier molecular flexibility index (Phi) is 11.3. The van der Waals surface area contributed by atoms with E-state index < -0.39 is 63.1 Å². The first kappa shape index (κ1) is 37.8.